The van der Waals surface area contributed by atoms with Crippen LogP contribution in [0.2, 0.25) is 0 Å². The molecule has 0 unspecified atom stereocenters. The van der Waals surface area contributed by atoms with Gasteiger partial charge in [-0.1, -0.05) is 30.3 Å². The minimum absolute atomic E-state index is 0.195. The standard InChI is InChI=1S/C25H17N3O3S/c29-22(27-19-9-6-17(7-10-19)23-26-12-13-32-23)18-8-11-20-21(14-18)25(31)28(24(20)30)15-16-4-2-1-3-5-16/h1-14H,15H2,(H,27,29). The van der Waals surface area contributed by atoms with Crippen LogP contribution in [0.1, 0.15) is 36.6 Å². The van der Waals surface area contributed by atoms with Crippen LogP contribution < -0.4 is 5.32 Å². The number of hydrogen-bond acceptors (Lipinski definition) is 5. The number of benzene rings is 3. The molecule has 0 radical (unpaired) electrons. The summed E-state index contributed by atoms with van der Waals surface area (Å²) in [6.45, 7) is 0.195. The van der Waals surface area contributed by atoms with Gasteiger partial charge in [0.05, 0.1) is 17.7 Å². The molecule has 0 saturated carbocycles. The molecule has 0 saturated heterocycles. The van der Waals surface area contributed by atoms with Crippen molar-refractivity contribution in [3.05, 3.63) is 107 Å². The number of imide groups is 1. The van der Waals surface area contributed by atoms with E-state index < -0.39 is 5.91 Å². The zero-order valence-corrected chi connectivity index (χ0v) is 17.6. The molecular formula is C25H17N3O3S. The first-order chi connectivity index (χ1) is 15.6. The average molecular weight is 439 g/mol. The molecule has 2 heterocycles. The summed E-state index contributed by atoms with van der Waals surface area (Å²) in [6, 6.07) is 21.3. The molecule has 0 atom stereocenters. The predicted molar refractivity (Wildman–Crippen MR) is 123 cm³/mol. The smallest absolute Gasteiger partial charge is 0.261 e. The van der Waals surface area contributed by atoms with Gasteiger partial charge in [-0.05, 0) is 48.0 Å². The van der Waals surface area contributed by atoms with E-state index in [1.807, 2.05) is 47.8 Å². The fourth-order valence-electron chi connectivity index (χ4n) is 3.61. The molecule has 5 rings (SSSR count). The number of thiazole rings is 1. The molecule has 156 valence electrons. The summed E-state index contributed by atoms with van der Waals surface area (Å²) >= 11 is 1.54. The highest BCUT2D eigenvalue weighted by Crippen LogP contribution is 2.27. The van der Waals surface area contributed by atoms with Crippen LogP contribution in [0.3, 0.4) is 0 Å². The molecule has 0 fully saturated rings. The summed E-state index contributed by atoms with van der Waals surface area (Å²) in [5.41, 5.74) is 3.34. The Hall–Kier alpha value is -4.10. The molecule has 0 bridgehead atoms. The van der Waals surface area contributed by atoms with Crippen molar-refractivity contribution in [2.75, 3.05) is 5.32 Å². The number of hydrogen-bond donors (Lipinski definition) is 1. The minimum Gasteiger partial charge on any atom is -0.322 e. The first-order valence-electron chi connectivity index (χ1n) is 9.95. The van der Waals surface area contributed by atoms with Crippen molar-refractivity contribution < 1.29 is 14.4 Å². The number of anilines is 1. The van der Waals surface area contributed by atoms with Crippen molar-refractivity contribution in [2.24, 2.45) is 0 Å². The normalized spacial score (nSPS) is 12.7. The van der Waals surface area contributed by atoms with Gasteiger partial charge in [-0.2, -0.15) is 0 Å². The van der Waals surface area contributed by atoms with E-state index in [1.165, 1.54) is 11.0 Å². The lowest BCUT2D eigenvalue weighted by atomic mass is 10.1. The van der Waals surface area contributed by atoms with Gasteiger partial charge >= 0.3 is 0 Å². The third kappa shape index (κ3) is 3.70. The van der Waals surface area contributed by atoms with Crippen molar-refractivity contribution >= 4 is 34.7 Å². The van der Waals surface area contributed by atoms with Crippen molar-refractivity contribution in [3.8, 4) is 10.6 Å². The van der Waals surface area contributed by atoms with E-state index in [-0.39, 0.29) is 23.9 Å². The number of rotatable bonds is 5. The summed E-state index contributed by atoms with van der Waals surface area (Å²) in [6.07, 6.45) is 1.75. The fourth-order valence-corrected chi connectivity index (χ4v) is 4.25. The minimum atomic E-state index is -0.392. The Morgan fingerprint density at radius 1 is 0.906 bits per heavy atom. The van der Waals surface area contributed by atoms with Gasteiger partial charge in [0.15, 0.2) is 0 Å². The predicted octanol–water partition coefficient (Wildman–Crippen LogP) is 4.86. The Morgan fingerprint density at radius 3 is 2.38 bits per heavy atom. The van der Waals surface area contributed by atoms with Crippen LogP contribution in [0.25, 0.3) is 10.6 Å². The molecule has 1 aromatic heterocycles. The summed E-state index contributed by atoms with van der Waals surface area (Å²) < 4.78 is 0. The van der Waals surface area contributed by atoms with Crippen molar-refractivity contribution in [1.82, 2.24) is 9.88 Å². The first-order valence-corrected chi connectivity index (χ1v) is 10.8. The number of carbonyl (C=O) groups is 3. The molecule has 6 nitrogen and oxygen atoms in total. The average Bonchev–Trinajstić information content (AvgIpc) is 3.44. The van der Waals surface area contributed by atoms with Crippen LogP contribution in [-0.2, 0) is 6.54 Å². The van der Waals surface area contributed by atoms with Crippen LogP contribution in [0.15, 0.2) is 84.4 Å². The molecule has 32 heavy (non-hydrogen) atoms. The lowest BCUT2D eigenvalue weighted by molar-refractivity contribution is 0.0642. The summed E-state index contributed by atoms with van der Waals surface area (Å²) in [5.74, 6) is -1.09. The molecule has 1 aliphatic rings. The molecule has 3 aromatic carbocycles. The third-order valence-electron chi connectivity index (χ3n) is 5.24. The maximum absolute atomic E-state index is 12.9. The SMILES string of the molecule is O=C(Nc1ccc(-c2nccs2)cc1)c1ccc2c(c1)C(=O)N(Cc1ccccc1)C2=O. The molecule has 3 amide bonds. The molecule has 4 aromatic rings. The second-order valence-electron chi connectivity index (χ2n) is 7.31. The Kier molecular flexibility index (Phi) is 5.09. The van der Waals surface area contributed by atoms with Gasteiger partial charge < -0.3 is 5.32 Å². The third-order valence-corrected chi connectivity index (χ3v) is 6.06. The largest absolute Gasteiger partial charge is 0.322 e. The van der Waals surface area contributed by atoms with E-state index >= 15 is 0 Å². The molecule has 1 N–H and O–H groups in total. The van der Waals surface area contributed by atoms with Gasteiger partial charge in [0, 0.05) is 28.4 Å². The molecular weight excluding hydrogens is 422 g/mol. The van der Waals surface area contributed by atoms with E-state index in [9.17, 15) is 14.4 Å². The summed E-state index contributed by atoms with van der Waals surface area (Å²) in [5, 5.41) is 5.65. The molecule has 0 spiro atoms. The molecule has 0 aliphatic carbocycles. The quantitative estimate of drug-likeness (QED) is 0.451. The number of nitrogens with one attached hydrogen (secondary N) is 1. The fraction of sp³-hybridized carbons (Fsp3) is 0.0400. The van der Waals surface area contributed by atoms with E-state index in [2.05, 4.69) is 10.3 Å². The Labute approximate surface area is 188 Å². The number of fused-ring (bicyclic) bond motifs is 1. The van der Waals surface area contributed by atoms with Crippen molar-refractivity contribution in [3.63, 3.8) is 0 Å². The van der Waals surface area contributed by atoms with Crippen LogP contribution in [0.5, 0.6) is 0 Å². The zero-order valence-electron chi connectivity index (χ0n) is 16.8. The second kappa shape index (κ2) is 8.20. The van der Waals surface area contributed by atoms with Crippen LogP contribution in [0, 0.1) is 0 Å². The first kappa shape index (κ1) is 19.8. The summed E-state index contributed by atoms with van der Waals surface area (Å²) in [7, 11) is 0. The number of amides is 3. The maximum Gasteiger partial charge on any atom is 0.261 e. The van der Waals surface area contributed by atoms with Crippen LogP contribution >= 0.6 is 11.3 Å². The molecule has 1 aliphatic heterocycles. The molecule has 7 heteroatoms. The lowest BCUT2D eigenvalue weighted by Crippen LogP contribution is -2.29. The van der Waals surface area contributed by atoms with Crippen molar-refractivity contribution in [1.29, 1.82) is 0 Å². The topological polar surface area (TPSA) is 79.4 Å². The monoisotopic (exact) mass is 439 g/mol. The zero-order chi connectivity index (χ0) is 22.1. The van der Waals surface area contributed by atoms with E-state index in [0.29, 0.717) is 16.8 Å². The van der Waals surface area contributed by atoms with Gasteiger partial charge in [-0.3, -0.25) is 19.3 Å². The van der Waals surface area contributed by atoms with Gasteiger partial charge in [0.1, 0.15) is 5.01 Å². The Balaban J connectivity index is 1.33. The van der Waals surface area contributed by atoms with Gasteiger partial charge in [0.2, 0.25) is 0 Å². The highest BCUT2D eigenvalue weighted by molar-refractivity contribution is 7.13. The van der Waals surface area contributed by atoms with E-state index in [0.717, 1.165) is 16.1 Å². The van der Waals surface area contributed by atoms with Gasteiger partial charge in [-0.25, -0.2) is 4.98 Å². The highest BCUT2D eigenvalue weighted by atomic mass is 32.1. The number of nitrogens with zero attached hydrogens (tertiary/aromatic N) is 2. The number of carbonyl (C=O) groups excluding carboxylic acids is 3. The van der Waals surface area contributed by atoms with Gasteiger partial charge in [0.25, 0.3) is 17.7 Å². The Bertz CT molecular complexity index is 1320. The van der Waals surface area contributed by atoms with E-state index in [4.69, 9.17) is 0 Å². The van der Waals surface area contributed by atoms with Gasteiger partial charge in [-0.15, -0.1) is 11.3 Å². The number of aromatic nitrogens is 1. The maximum atomic E-state index is 12.9. The highest BCUT2D eigenvalue weighted by Gasteiger charge is 2.36. The summed E-state index contributed by atoms with van der Waals surface area (Å²) in [4.78, 5) is 43.8. The second-order valence-corrected chi connectivity index (χ2v) is 8.21. The van der Waals surface area contributed by atoms with E-state index in [1.54, 1.807) is 41.8 Å². The Morgan fingerprint density at radius 2 is 1.66 bits per heavy atom. The lowest BCUT2D eigenvalue weighted by Gasteiger charge is -2.13. The van der Waals surface area contributed by atoms with Crippen LogP contribution in [-0.4, -0.2) is 27.6 Å². The van der Waals surface area contributed by atoms with Crippen LogP contribution in [0.4, 0.5) is 5.69 Å². The van der Waals surface area contributed by atoms with Crippen molar-refractivity contribution in [2.45, 2.75) is 6.54 Å².